The summed E-state index contributed by atoms with van der Waals surface area (Å²) in [5, 5.41) is 0. The lowest BCUT2D eigenvalue weighted by Gasteiger charge is -2.28. The third-order valence-electron chi connectivity index (χ3n) is 2.78. The highest BCUT2D eigenvalue weighted by Gasteiger charge is 2.62. The van der Waals surface area contributed by atoms with Crippen molar-refractivity contribution in [3.63, 3.8) is 0 Å². The van der Waals surface area contributed by atoms with Crippen LogP contribution in [0.3, 0.4) is 0 Å². The average molecular weight is 452 g/mol. The Morgan fingerprint density at radius 1 is 0.643 bits per heavy atom. The molecule has 0 N–H and O–H groups in total. The van der Waals surface area contributed by atoms with Gasteiger partial charge in [0.15, 0.2) is 0 Å². The summed E-state index contributed by atoms with van der Waals surface area (Å²) in [6, 6.07) is -1.27. The lowest BCUT2D eigenvalue weighted by molar-refractivity contribution is -0.209. The van der Waals surface area contributed by atoms with Crippen molar-refractivity contribution in [2.75, 3.05) is 0 Å². The number of carbonyl (C=O) groups excluding carboxylic acids is 3. The number of hydrogen-bond donors (Lipinski definition) is 0. The Morgan fingerprint density at radius 2 is 0.964 bits per heavy atom. The summed E-state index contributed by atoms with van der Waals surface area (Å²) in [7, 11) is -6.07. The van der Waals surface area contributed by atoms with Crippen LogP contribution in [0.5, 0.6) is 0 Å². The second-order valence-corrected chi connectivity index (χ2v) is 7.63. The standard InChI is InChI=1S/C12H13F9O6Si/c1-2-3-4-5-6-28(25-7(22)10(13,14)15,26-8(23)11(16,17)18)27-9(24)12(19,20)21/h2-6H2,1H3. The molecule has 0 spiro atoms. The minimum absolute atomic E-state index is 0.0297. The van der Waals surface area contributed by atoms with Gasteiger partial charge in [0.05, 0.1) is 6.04 Å². The summed E-state index contributed by atoms with van der Waals surface area (Å²) in [4.78, 5) is 32.9. The Bertz CT molecular complexity index is 500. The third kappa shape index (κ3) is 8.79. The van der Waals surface area contributed by atoms with Crippen molar-refractivity contribution in [2.24, 2.45) is 0 Å². The Hall–Kier alpha value is -2.00. The van der Waals surface area contributed by atoms with Crippen LogP contribution < -0.4 is 0 Å². The molecule has 0 saturated heterocycles. The van der Waals surface area contributed by atoms with Gasteiger partial charge in [-0.2, -0.15) is 39.5 Å². The van der Waals surface area contributed by atoms with E-state index >= 15 is 0 Å². The predicted octanol–water partition coefficient (Wildman–Crippen LogP) is 3.82. The largest absolute Gasteiger partial charge is 0.705 e. The molecule has 0 heterocycles. The maximum atomic E-state index is 12.4. The van der Waals surface area contributed by atoms with Gasteiger partial charge < -0.3 is 13.3 Å². The van der Waals surface area contributed by atoms with Crippen LogP contribution in [-0.2, 0) is 27.7 Å². The minimum atomic E-state index is -6.07. The van der Waals surface area contributed by atoms with Gasteiger partial charge in [-0.1, -0.05) is 26.2 Å². The van der Waals surface area contributed by atoms with Gasteiger partial charge in [0.25, 0.3) is 0 Å². The maximum absolute atomic E-state index is 12.4. The summed E-state index contributed by atoms with van der Waals surface area (Å²) in [5.41, 5.74) is 0. The van der Waals surface area contributed by atoms with Gasteiger partial charge in [0, 0.05) is 0 Å². The molecule has 0 aromatic heterocycles. The summed E-state index contributed by atoms with van der Waals surface area (Å²) in [5.74, 6) is -9.83. The van der Waals surface area contributed by atoms with Gasteiger partial charge in [-0.3, -0.25) is 0 Å². The molecule has 0 rings (SSSR count). The first-order valence-corrected chi connectivity index (χ1v) is 9.28. The maximum Gasteiger partial charge on any atom is 0.705 e. The van der Waals surface area contributed by atoms with E-state index in [0.29, 0.717) is 12.8 Å². The van der Waals surface area contributed by atoms with E-state index in [1.165, 1.54) is 0 Å². The number of alkyl halides is 9. The molecular formula is C12H13F9O6Si. The van der Waals surface area contributed by atoms with Crippen molar-refractivity contribution in [2.45, 2.75) is 57.2 Å². The van der Waals surface area contributed by atoms with Gasteiger partial charge >= 0.3 is 45.2 Å². The van der Waals surface area contributed by atoms with Gasteiger partial charge in [-0.05, 0) is 6.42 Å². The van der Waals surface area contributed by atoms with Gasteiger partial charge in [-0.25, -0.2) is 14.4 Å². The fourth-order valence-electron chi connectivity index (χ4n) is 1.58. The van der Waals surface area contributed by atoms with Crippen molar-refractivity contribution >= 4 is 26.7 Å². The van der Waals surface area contributed by atoms with E-state index < -0.39 is 57.7 Å². The van der Waals surface area contributed by atoms with Crippen LogP contribution in [0, 0.1) is 0 Å². The molecule has 0 saturated carbocycles. The lowest BCUT2D eigenvalue weighted by Crippen LogP contribution is -2.55. The molecule has 0 aliphatic rings. The summed E-state index contributed by atoms with van der Waals surface area (Å²) < 4.78 is 122. The van der Waals surface area contributed by atoms with Crippen LogP contribution in [0.4, 0.5) is 39.5 Å². The van der Waals surface area contributed by atoms with E-state index in [1.807, 2.05) is 0 Å². The molecule has 0 aromatic rings. The Kier molecular flexibility index (Phi) is 8.79. The van der Waals surface area contributed by atoms with E-state index in [0.717, 1.165) is 0 Å². The molecule has 164 valence electrons. The topological polar surface area (TPSA) is 78.9 Å². The highest BCUT2D eigenvalue weighted by Crippen LogP contribution is 2.30. The summed E-state index contributed by atoms with van der Waals surface area (Å²) >= 11 is 0. The highest BCUT2D eigenvalue weighted by atomic mass is 28.4. The van der Waals surface area contributed by atoms with Gasteiger partial charge in [0.2, 0.25) is 0 Å². The van der Waals surface area contributed by atoms with E-state index in [2.05, 4.69) is 13.3 Å². The van der Waals surface area contributed by atoms with Crippen LogP contribution in [0.25, 0.3) is 0 Å². The molecule has 0 atom stereocenters. The number of carbonyl (C=O) groups is 3. The quantitative estimate of drug-likeness (QED) is 0.317. The van der Waals surface area contributed by atoms with Crippen molar-refractivity contribution < 1.29 is 67.2 Å². The van der Waals surface area contributed by atoms with Gasteiger partial charge in [0.1, 0.15) is 0 Å². The molecule has 0 aliphatic carbocycles. The van der Waals surface area contributed by atoms with Crippen LogP contribution in [0.15, 0.2) is 0 Å². The number of rotatable bonds is 8. The number of halogens is 9. The second kappa shape index (κ2) is 9.47. The zero-order valence-electron chi connectivity index (χ0n) is 13.9. The van der Waals surface area contributed by atoms with Crippen LogP contribution in [0.2, 0.25) is 6.04 Å². The molecule has 0 aromatic carbocycles. The van der Waals surface area contributed by atoms with E-state index in [1.54, 1.807) is 6.92 Å². The first-order chi connectivity index (χ1) is 12.4. The zero-order chi connectivity index (χ0) is 22.4. The average Bonchev–Trinajstić information content (AvgIpc) is 2.48. The van der Waals surface area contributed by atoms with Crippen LogP contribution >= 0.6 is 0 Å². The first kappa shape index (κ1) is 26.0. The Morgan fingerprint density at radius 3 is 1.21 bits per heavy atom. The summed E-state index contributed by atoms with van der Waals surface area (Å²) in [6.45, 7) is 1.64. The third-order valence-corrected chi connectivity index (χ3v) is 5.23. The Balaban J connectivity index is 5.95. The number of unbranched alkanes of at least 4 members (excludes halogenated alkanes) is 3. The van der Waals surface area contributed by atoms with Crippen molar-refractivity contribution in [1.29, 1.82) is 0 Å². The molecule has 0 amide bonds. The van der Waals surface area contributed by atoms with Crippen molar-refractivity contribution in [1.82, 2.24) is 0 Å². The zero-order valence-corrected chi connectivity index (χ0v) is 14.9. The lowest BCUT2D eigenvalue weighted by atomic mass is 10.2. The van der Waals surface area contributed by atoms with E-state index in [4.69, 9.17) is 0 Å². The SMILES string of the molecule is CCCCCC[Si](OC(=O)C(F)(F)F)(OC(=O)C(F)(F)F)OC(=O)C(F)(F)F. The molecular weight excluding hydrogens is 439 g/mol. The molecule has 0 fully saturated rings. The smallest absolute Gasteiger partial charge is 0.448 e. The molecule has 0 aliphatic heterocycles. The summed E-state index contributed by atoms with van der Waals surface area (Å²) in [6.07, 6.45) is -17.2. The minimum Gasteiger partial charge on any atom is -0.448 e. The fraction of sp³-hybridized carbons (Fsp3) is 0.750. The van der Waals surface area contributed by atoms with Gasteiger partial charge in [-0.15, -0.1) is 0 Å². The Labute approximate surface area is 152 Å². The second-order valence-electron chi connectivity index (χ2n) is 5.16. The van der Waals surface area contributed by atoms with Crippen molar-refractivity contribution in [3.05, 3.63) is 0 Å². The molecule has 0 bridgehead atoms. The predicted molar refractivity (Wildman–Crippen MR) is 71.1 cm³/mol. The molecule has 28 heavy (non-hydrogen) atoms. The van der Waals surface area contributed by atoms with E-state index in [-0.39, 0.29) is 6.42 Å². The highest BCUT2D eigenvalue weighted by molar-refractivity contribution is 6.65. The van der Waals surface area contributed by atoms with Crippen LogP contribution in [-0.4, -0.2) is 45.2 Å². The normalized spacial score (nSPS) is 13.1. The monoisotopic (exact) mass is 452 g/mol. The molecule has 0 unspecified atom stereocenters. The van der Waals surface area contributed by atoms with E-state index in [9.17, 15) is 53.9 Å². The fourth-order valence-corrected chi connectivity index (χ4v) is 3.89. The molecule has 0 radical (unpaired) electrons. The first-order valence-electron chi connectivity index (χ1n) is 7.35. The van der Waals surface area contributed by atoms with Crippen molar-refractivity contribution in [3.8, 4) is 0 Å². The number of hydrogen-bond acceptors (Lipinski definition) is 6. The van der Waals surface area contributed by atoms with Crippen LogP contribution in [0.1, 0.15) is 32.6 Å². The molecule has 6 nitrogen and oxygen atoms in total. The molecule has 16 heteroatoms.